The zero-order chi connectivity index (χ0) is 18.9. The molecule has 0 radical (unpaired) electrons. The molecule has 0 aliphatic heterocycles. The molecule has 0 saturated heterocycles. The summed E-state index contributed by atoms with van der Waals surface area (Å²) in [5, 5.41) is 2.63. The van der Waals surface area contributed by atoms with Gasteiger partial charge in [0.2, 0.25) is 0 Å². The smallest absolute Gasteiger partial charge is 0.387 e. The molecule has 0 fully saturated rings. The van der Waals surface area contributed by atoms with E-state index in [1.54, 1.807) is 30.3 Å². The van der Waals surface area contributed by atoms with Crippen molar-refractivity contribution in [2.45, 2.75) is 20.0 Å². The summed E-state index contributed by atoms with van der Waals surface area (Å²) in [5.41, 5.74) is 2.17. The van der Waals surface area contributed by atoms with Gasteiger partial charge in [0.1, 0.15) is 5.75 Å². The van der Waals surface area contributed by atoms with Gasteiger partial charge in [0.05, 0.1) is 5.56 Å². The number of hydrogen-bond donors (Lipinski definition) is 1. The fourth-order valence-corrected chi connectivity index (χ4v) is 2.22. The number of benzene rings is 2. The Morgan fingerprint density at radius 1 is 1.12 bits per heavy atom. The monoisotopic (exact) mass is 363 g/mol. The van der Waals surface area contributed by atoms with E-state index in [2.05, 4.69) is 10.1 Å². The Morgan fingerprint density at radius 3 is 2.50 bits per heavy atom. The lowest BCUT2D eigenvalue weighted by Gasteiger charge is -2.08. The number of aryl methyl sites for hydroxylation is 1. The van der Waals surface area contributed by atoms with Gasteiger partial charge in [-0.2, -0.15) is 8.78 Å². The molecule has 26 heavy (non-hydrogen) atoms. The van der Waals surface area contributed by atoms with E-state index in [9.17, 15) is 18.4 Å². The van der Waals surface area contributed by atoms with Crippen LogP contribution in [0.4, 0.5) is 8.78 Å². The largest absolute Gasteiger partial charge is 0.452 e. The molecule has 7 heteroatoms. The summed E-state index contributed by atoms with van der Waals surface area (Å²) in [6, 6.07) is 13.1. The third-order valence-corrected chi connectivity index (χ3v) is 3.47. The van der Waals surface area contributed by atoms with Crippen molar-refractivity contribution in [3.8, 4) is 5.75 Å². The maximum absolute atomic E-state index is 12.1. The lowest BCUT2D eigenvalue weighted by Crippen LogP contribution is -2.30. The molecule has 0 saturated carbocycles. The van der Waals surface area contributed by atoms with Crippen molar-refractivity contribution < 1.29 is 27.8 Å². The molecule has 138 valence electrons. The first-order valence-electron chi connectivity index (χ1n) is 7.98. The molecule has 2 rings (SSSR count). The first kappa shape index (κ1) is 19.4. The second kappa shape index (κ2) is 9.50. The van der Waals surface area contributed by atoms with E-state index in [-0.39, 0.29) is 12.4 Å². The minimum Gasteiger partial charge on any atom is -0.452 e. The number of ether oxygens (including phenoxy) is 2. The molecule has 0 aliphatic carbocycles. The topological polar surface area (TPSA) is 64.6 Å². The van der Waals surface area contributed by atoms with Crippen LogP contribution < -0.4 is 10.1 Å². The number of nitrogens with one attached hydrogen (secondary N) is 1. The number of esters is 1. The maximum atomic E-state index is 12.1. The predicted octanol–water partition coefficient (Wildman–Crippen LogP) is 3.11. The van der Waals surface area contributed by atoms with Gasteiger partial charge in [0, 0.05) is 6.54 Å². The first-order valence-corrected chi connectivity index (χ1v) is 7.98. The summed E-state index contributed by atoms with van der Waals surface area (Å²) in [5.74, 6) is -0.891. The zero-order valence-electron chi connectivity index (χ0n) is 14.2. The van der Waals surface area contributed by atoms with Crippen molar-refractivity contribution in [1.29, 1.82) is 0 Å². The van der Waals surface area contributed by atoms with Crippen LogP contribution in [0.1, 0.15) is 21.5 Å². The van der Waals surface area contributed by atoms with Crippen LogP contribution in [0.5, 0.6) is 5.75 Å². The van der Waals surface area contributed by atoms with Gasteiger partial charge in [-0.1, -0.05) is 29.8 Å². The highest BCUT2D eigenvalue weighted by Crippen LogP contribution is 2.15. The highest BCUT2D eigenvalue weighted by molar-refractivity contribution is 5.91. The van der Waals surface area contributed by atoms with Crippen LogP contribution in [0.3, 0.4) is 0 Å². The summed E-state index contributed by atoms with van der Waals surface area (Å²) in [6.45, 7) is -1.04. The van der Waals surface area contributed by atoms with E-state index in [0.29, 0.717) is 18.5 Å². The molecule has 0 aromatic heterocycles. The van der Waals surface area contributed by atoms with Crippen LogP contribution >= 0.6 is 0 Å². The lowest BCUT2D eigenvalue weighted by molar-refractivity contribution is -0.124. The molecule has 5 nitrogen and oxygen atoms in total. The van der Waals surface area contributed by atoms with Crippen LogP contribution in [0.2, 0.25) is 0 Å². The van der Waals surface area contributed by atoms with Crippen LogP contribution in [0, 0.1) is 6.92 Å². The maximum Gasteiger partial charge on any atom is 0.387 e. The van der Waals surface area contributed by atoms with Crippen LogP contribution in [0.15, 0.2) is 48.5 Å². The number of amides is 1. The average molecular weight is 363 g/mol. The predicted molar refractivity (Wildman–Crippen MR) is 91.2 cm³/mol. The third-order valence-electron chi connectivity index (χ3n) is 3.47. The number of halogens is 2. The minimum absolute atomic E-state index is 0.0795. The van der Waals surface area contributed by atoms with Gasteiger partial charge in [-0.3, -0.25) is 4.79 Å². The zero-order valence-corrected chi connectivity index (χ0v) is 14.2. The number of hydrogen-bond acceptors (Lipinski definition) is 4. The van der Waals surface area contributed by atoms with Crippen molar-refractivity contribution in [3.05, 3.63) is 65.2 Å². The summed E-state index contributed by atoms with van der Waals surface area (Å²) in [7, 11) is 0. The summed E-state index contributed by atoms with van der Waals surface area (Å²) in [4.78, 5) is 23.6. The van der Waals surface area contributed by atoms with E-state index in [4.69, 9.17) is 4.74 Å². The highest BCUT2D eigenvalue weighted by Gasteiger charge is 2.10. The Morgan fingerprint density at radius 2 is 1.85 bits per heavy atom. The van der Waals surface area contributed by atoms with Gasteiger partial charge in [-0.15, -0.1) is 0 Å². The molecule has 0 unspecified atom stereocenters. The summed E-state index contributed by atoms with van der Waals surface area (Å²) in [6.07, 6.45) is 0.506. The molecule has 0 aliphatic rings. The molecule has 0 heterocycles. The molecule has 2 aromatic rings. The highest BCUT2D eigenvalue weighted by atomic mass is 19.3. The third kappa shape index (κ3) is 6.51. The standard InChI is InChI=1S/C19H19F2NO4/c1-13-3-2-4-15(11-13)18(24)25-12-17(23)22-10-9-14-5-7-16(8-6-14)26-19(20)21/h2-8,11,19H,9-10,12H2,1H3,(H,22,23). The van der Waals surface area contributed by atoms with E-state index in [1.165, 1.54) is 12.1 Å². The SMILES string of the molecule is Cc1cccc(C(=O)OCC(=O)NCCc2ccc(OC(F)F)cc2)c1. The van der Waals surface area contributed by atoms with E-state index in [1.807, 2.05) is 13.0 Å². The number of carbonyl (C=O) groups is 2. The molecule has 2 aromatic carbocycles. The van der Waals surface area contributed by atoms with Crippen molar-refractivity contribution in [3.63, 3.8) is 0 Å². The fraction of sp³-hybridized carbons (Fsp3) is 0.263. The van der Waals surface area contributed by atoms with Gasteiger partial charge < -0.3 is 14.8 Å². The molecular formula is C19H19F2NO4. The Hall–Kier alpha value is -2.96. The van der Waals surface area contributed by atoms with Gasteiger partial charge in [-0.05, 0) is 43.2 Å². The van der Waals surface area contributed by atoms with Gasteiger partial charge in [0.15, 0.2) is 6.61 Å². The van der Waals surface area contributed by atoms with Crippen molar-refractivity contribution >= 4 is 11.9 Å². The van der Waals surface area contributed by atoms with Gasteiger partial charge in [0.25, 0.3) is 5.91 Å². The van der Waals surface area contributed by atoms with Crippen molar-refractivity contribution in [1.82, 2.24) is 5.32 Å². The first-order chi connectivity index (χ1) is 12.4. The van der Waals surface area contributed by atoms with Gasteiger partial charge in [-0.25, -0.2) is 4.79 Å². The van der Waals surface area contributed by atoms with Crippen molar-refractivity contribution in [2.24, 2.45) is 0 Å². The van der Waals surface area contributed by atoms with E-state index < -0.39 is 18.5 Å². The van der Waals surface area contributed by atoms with Crippen LogP contribution in [-0.4, -0.2) is 31.6 Å². The Balaban J connectivity index is 1.69. The van der Waals surface area contributed by atoms with Crippen LogP contribution in [0.25, 0.3) is 0 Å². The number of rotatable bonds is 8. The fourth-order valence-electron chi connectivity index (χ4n) is 2.22. The number of carbonyl (C=O) groups excluding carboxylic acids is 2. The number of alkyl halides is 2. The quantitative estimate of drug-likeness (QED) is 0.732. The second-order valence-corrected chi connectivity index (χ2v) is 5.57. The Kier molecular flexibility index (Phi) is 7.08. The Bertz CT molecular complexity index is 747. The average Bonchev–Trinajstić information content (AvgIpc) is 2.60. The van der Waals surface area contributed by atoms with Crippen molar-refractivity contribution in [2.75, 3.05) is 13.2 Å². The second-order valence-electron chi connectivity index (χ2n) is 5.57. The minimum atomic E-state index is -2.86. The molecule has 0 atom stereocenters. The van der Waals surface area contributed by atoms with E-state index in [0.717, 1.165) is 11.1 Å². The molecule has 1 amide bonds. The Labute approximate surface area is 149 Å². The van der Waals surface area contributed by atoms with Gasteiger partial charge >= 0.3 is 12.6 Å². The van der Waals surface area contributed by atoms with Crippen LogP contribution in [-0.2, 0) is 16.0 Å². The molecule has 0 bridgehead atoms. The summed E-state index contributed by atoms with van der Waals surface area (Å²) >= 11 is 0. The molecule has 1 N–H and O–H groups in total. The molecular weight excluding hydrogens is 344 g/mol. The lowest BCUT2D eigenvalue weighted by atomic mass is 10.1. The summed E-state index contributed by atoms with van der Waals surface area (Å²) < 4.78 is 33.3. The van der Waals surface area contributed by atoms with E-state index >= 15 is 0 Å². The normalized spacial score (nSPS) is 10.5. The molecule has 0 spiro atoms.